The molecule has 21 heavy (non-hydrogen) atoms. The molecule has 0 radical (unpaired) electrons. The minimum Gasteiger partial charge on any atom is -0.308 e. The average Bonchev–Trinajstić information content (AvgIpc) is 3.20. The molecular weight excluding hydrogens is 288 g/mol. The second kappa shape index (κ2) is 6.46. The van der Waals surface area contributed by atoms with E-state index in [2.05, 4.69) is 15.5 Å². The van der Waals surface area contributed by atoms with E-state index < -0.39 is 10.0 Å². The number of aromatic amines is 1. The Balaban J connectivity index is 2.27. The highest BCUT2D eigenvalue weighted by atomic mass is 32.2. The Morgan fingerprint density at radius 2 is 2.00 bits per heavy atom. The van der Waals surface area contributed by atoms with Gasteiger partial charge in [0.1, 0.15) is 4.90 Å². The summed E-state index contributed by atoms with van der Waals surface area (Å²) in [4.78, 5) is 0.338. The molecule has 1 aromatic heterocycles. The monoisotopic (exact) mass is 314 g/mol. The quantitative estimate of drug-likeness (QED) is 0.766. The highest BCUT2D eigenvalue weighted by Crippen LogP contribution is 2.26. The fourth-order valence-electron chi connectivity index (χ4n) is 2.60. The first kappa shape index (κ1) is 16.5. The number of aromatic nitrogens is 2. The number of nitrogens with one attached hydrogen (secondary N) is 2. The van der Waals surface area contributed by atoms with Gasteiger partial charge in [-0.2, -0.15) is 9.40 Å². The minimum atomic E-state index is -3.51. The van der Waals surface area contributed by atoms with Crippen LogP contribution < -0.4 is 5.32 Å². The zero-order chi connectivity index (χ0) is 15.6. The van der Waals surface area contributed by atoms with Crippen LogP contribution in [-0.4, -0.2) is 42.1 Å². The Hall–Kier alpha value is -0.920. The van der Waals surface area contributed by atoms with Crippen LogP contribution in [0.2, 0.25) is 0 Å². The summed E-state index contributed by atoms with van der Waals surface area (Å²) < 4.78 is 27.3. The van der Waals surface area contributed by atoms with Crippen molar-refractivity contribution in [3.05, 3.63) is 11.4 Å². The van der Waals surface area contributed by atoms with Crippen molar-refractivity contribution in [2.45, 2.75) is 70.0 Å². The van der Waals surface area contributed by atoms with Crippen molar-refractivity contribution in [2.24, 2.45) is 0 Å². The van der Waals surface area contributed by atoms with Gasteiger partial charge in [-0.15, -0.1) is 0 Å². The van der Waals surface area contributed by atoms with Gasteiger partial charge in [-0.3, -0.25) is 5.10 Å². The summed E-state index contributed by atoms with van der Waals surface area (Å²) in [5.41, 5.74) is 1.21. The topological polar surface area (TPSA) is 78.1 Å². The van der Waals surface area contributed by atoms with Crippen LogP contribution in [0.5, 0.6) is 0 Å². The predicted octanol–water partition coefficient (Wildman–Crippen LogP) is 1.78. The van der Waals surface area contributed by atoms with Crippen molar-refractivity contribution in [3.63, 3.8) is 0 Å². The summed E-state index contributed by atoms with van der Waals surface area (Å²) in [5.74, 6) is 0. The molecule has 0 unspecified atom stereocenters. The smallest absolute Gasteiger partial charge is 0.246 e. The highest BCUT2D eigenvalue weighted by Gasteiger charge is 2.32. The summed E-state index contributed by atoms with van der Waals surface area (Å²) in [6, 6.07) is 0.544. The second-order valence-corrected chi connectivity index (χ2v) is 7.71. The van der Waals surface area contributed by atoms with Gasteiger partial charge in [0.2, 0.25) is 10.0 Å². The maximum atomic E-state index is 12.9. The van der Waals surface area contributed by atoms with Crippen molar-refractivity contribution in [3.8, 4) is 0 Å². The number of rotatable bonds is 8. The first-order valence-corrected chi connectivity index (χ1v) is 9.11. The lowest BCUT2D eigenvalue weighted by molar-refractivity contribution is 0.349. The molecule has 2 rings (SSSR count). The third-order valence-corrected chi connectivity index (χ3v) is 6.30. The maximum absolute atomic E-state index is 12.9. The maximum Gasteiger partial charge on any atom is 0.246 e. The molecule has 1 aliphatic carbocycles. The average molecular weight is 314 g/mol. The molecule has 0 aliphatic heterocycles. The molecule has 0 saturated heterocycles. The number of aryl methyl sites for hydroxylation is 1. The number of sulfonamides is 1. The molecule has 0 aromatic carbocycles. The van der Waals surface area contributed by atoms with E-state index in [-0.39, 0.29) is 6.04 Å². The number of hydrogen-bond donors (Lipinski definition) is 2. The molecule has 1 aliphatic rings. The lowest BCUT2D eigenvalue weighted by atomic mass is 10.2. The third kappa shape index (κ3) is 3.46. The summed E-state index contributed by atoms with van der Waals surface area (Å²) in [6.45, 7) is 6.29. The zero-order valence-electron chi connectivity index (χ0n) is 13.3. The lowest BCUT2D eigenvalue weighted by Crippen LogP contribution is -2.37. The molecule has 6 nitrogen and oxygen atoms in total. The number of H-pyrrole nitrogens is 1. The molecule has 2 N–H and O–H groups in total. The second-order valence-electron chi connectivity index (χ2n) is 5.77. The summed E-state index contributed by atoms with van der Waals surface area (Å²) in [5, 5.41) is 10.3. The van der Waals surface area contributed by atoms with Gasteiger partial charge in [-0.1, -0.05) is 13.8 Å². The minimum absolute atomic E-state index is 0.0218. The van der Waals surface area contributed by atoms with Crippen molar-refractivity contribution in [1.29, 1.82) is 0 Å². The summed E-state index contributed by atoms with van der Waals surface area (Å²) in [6.07, 6.45) is 3.94. The van der Waals surface area contributed by atoms with Gasteiger partial charge in [0.25, 0.3) is 0 Å². The summed E-state index contributed by atoms with van der Waals surface area (Å²) in [7, 11) is -1.84. The van der Waals surface area contributed by atoms with Gasteiger partial charge < -0.3 is 5.32 Å². The predicted molar refractivity (Wildman–Crippen MR) is 82.5 cm³/mol. The van der Waals surface area contributed by atoms with Crippen LogP contribution in [0, 0.1) is 6.92 Å². The molecular formula is C14H26N4O2S. The molecule has 0 bridgehead atoms. The molecule has 1 heterocycles. The van der Waals surface area contributed by atoms with E-state index in [0.29, 0.717) is 28.9 Å². The van der Waals surface area contributed by atoms with Crippen LogP contribution >= 0.6 is 0 Å². The SMILES string of the molecule is CCC(CC)N(C)S(=O)(=O)c1c(CNC2CC2)n[nH]c1C. The Morgan fingerprint density at radius 1 is 1.38 bits per heavy atom. The largest absolute Gasteiger partial charge is 0.308 e. The van der Waals surface area contributed by atoms with Crippen LogP contribution in [-0.2, 0) is 16.6 Å². The van der Waals surface area contributed by atoms with Crippen LogP contribution in [0.4, 0.5) is 0 Å². The van der Waals surface area contributed by atoms with E-state index in [1.807, 2.05) is 13.8 Å². The Bertz CT molecular complexity index is 574. The molecule has 0 atom stereocenters. The zero-order valence-corrected chi connectivity index (χ0v) is 14.1. The van der Waals surface area contributed by atoms with Gasteiger partial charge in [0, 0.05) is 25.7 Å². The van der Waals surface area contributed by atoms with Gasteiger partial charge >= 0.3 is 0 Å². The lowest BCUT2D eigenvalue weighted by Gasteiger charge is -2.25. The Morgan fingerprint density at radius 3 is 2.52 bits per heavy atom. The summed E-state index contributed by atoms with van der Waals surface area (Å²) >= 11 is 0. The van der Waals surface area contributed by atoms with Crippen LogP contribution in [0.1, 0.15) is 50.9 Å². The van der Waals surface area contributed by atoms with Gasteiger partial charge in [0.05, 0.1) is 11.4 Å². The molecule has 0 spiro atoms. The molecule has 120 valence electrons. The van der Waals surface area contributed by atoms with E-state index in [0.717, 1.165) is 12.8 Å². The molecule has 1 fully saturated rings. The number of hydrogen-bond acceptors (Lipinski definition) is 4. The van der Waals surface area contributed by atoms with E-state index in [1.54, 1.807) is 14.0 Å². The van der Waals surface area contributed by atoms with E-state index in [1.165, 1.54) is 17.1 Å². The first-order valence-electron chi connectivity index (χ1n) is 7.67. The fraction of sp³-hybridized carbons (Fsp3) is 0.786. The molecule has 7 heteroatoms. The van der Waals surface area contributed by atoms with E-state index >= 15 is 0 Å². The first-order chi connectivity index (χ1) is 9.91. The van der Waals surface area contributed by atoms with Gasteiger partial charge in [0.15, 0.2) is 0 Å². The van der Waals surface area contributed by atoms with Crippen molar-refractivity contribution in [2.75, 3.05) is 7.05 Å². The Labute approximate surface area is 127 Å². The van der Waals surface area contributed by atoms with E-state index in [9.17, 15) is 8.42 Å². The fourth-order valence-corrected chi connectivity index (χ4v) is 4.43. The number of nitrogens with zero attached hydrogens (tertiary/aromatic N) is 2. The van der Waals surface area contributed by atoms with Crippen LogP contribution in [0.25, 0.3) is 0 Å². The van der Waals surface area contributed by atoms with Crippen LogP contribution in [0.3, 0.4) is 0 Å². The van der Waals surface area contributed by atoms with Gasteiger partial charge in [-0.25, -0.2) is 8.42 Å². The van der Waals surface area contributed by atoms with Crippen molar-refractivity contribution in [1.82, 2.24) is 19.8 Å². The normalized spacial score (nSPS) is 16.1. The van der Waals surface area contributed by atoms with Crippen molar-refractivity contribution >= 4 is 10.0 Å². The van der Waals surface area contributed by atoms with Crippen LogP contribution in [0.15, 0.2) is 4.90 Å². The Kier molecular flexibility index (Phi) is 5.06. The highest BCUT2D eigenvalue weighted by molar-refractivity contribution is 7.89. The standard InChI is InChI=1S/C14H26N4O2S/c1-5-12(6-2)18(4)21(19,20)14-10(3)16-17-13(14)9-15-11-7-8-11/h11-12,15H,5-9H2,1-4H3,(H,16,17). The van der Waals surface area contributed by atoms with Gasteiger partial charge in [-0.05, 0) is 32.6 Å². The third-order valence-electron chi connectivity index (χ3n) is 4.19. The molecule has 0 amide bonds. The van der Waals surface area contributed by atoms with E-state index in [4.69, 9.17) is 0 Å². The molecule has 1 aromatic rings. The van der Waals surface area contributed by atoms with Crippen molar-refractivity contribution < 1.29 is 8.42 Å². The molecule has 1 saturated carbocycles.